The van der Waals surface area contributed by atoms with Gasteiger partial charge in [0.05, 0.1) is 10.7 Å². The third-order valence-electron chi connectivity index (χ3n) is 2.84. The molecule has 0 amide bonds. The lowest BCUT2D eigenvalue weighted by molar-refractivity contribution is 0.628. The molecule has 0 radical (unpaired) electrons. The van der Waals surface area contributed by atoms with Crippen molar-refractivity contribution in [3.8, 4) is 10.4 Å². The maximum atomic E-state index is 13.2. The molecule has 3 aromatic rings. The van der Waals surface area contributed by atoms with Crippen molar-refractivity contribution >= 4 is 40.0 Å². The monoisotopic (exact) mass is 323 g/mol. The van der Waals surface area contributed by atoms with Gasteiger partial charge in [0.15, 0.2) is 0 Å². The van der Waals surface area contributed by atoms with Crippen LogP contribution in [0.2, 0.25) is 5.02 Å². The van der Waals surface area contributed by atoms with Crippen molar-refractivity contribution in [1.29, 1.82) is 0 Å². The highest BCUT2D eigenvalue weighted by atomic mass is 35.5. The Hall–Kier alpha value is -1.36. The van der Waals surface area contributed by atoms with Crippen LogP contribution in [0, 0.1) is 5.82 Å². The number of anilines is 1. The summed E-state index contributed by atoms with van der Waals surface area (Å²) >= 11 is 9.43. The van der Waals surface area contributed by atoms with E-state index in [2.05, 4.69) is 28.2 Å². The largest absolute Gasteiger partial charge is 0.379 e. The van der Waals surface area contributed by atoms with Crippen molar-refractivity contribution in [2.45, 2.75) is 6.54 Å². The second-order valence-electron chi connectivity index (χ2n) is 4.26. The molecule has 0 fully saturated rings. The van der Waals surface area contributed by atoms with Crippen LogP contribution in [0.1, 0.15) is 4.88 Å². The molecule has 0 saturated carbocycles. The summed E-state index contributed by atoms with van der Waals surface area (Å²) in [6, 6.07) is 10.6. The molecule has 0 atom stereocenters. The number of rotatable bonds is 4. The van der Waals surface area contributed by atoms with Crippen molar-refractivity contribution in [2.24, 2.45) is 0 Å². The zero-order valence-corrected chi connectivity index (χ0v) is 12.8. The van der Waals surface area contributed by atoms with E-state index in [-0.39, 0.29) is 5.82 Å². The molecule has 1 nitrogen and oxygen atoms in total. The smallest absolute Gasteiger partial charge is 0.125 e. The first-order chi connectivity index (χ1) is 9.72. The maximum Gasteiger partial charge on any atom is 0.125 e. The molecule has 20 heavy (non-hydrogen) atoms. The van der Waals surface area contributed by atoms with Crippen molar-refractivity contribution < 1.29 is 4.39 Å². The second-order valence-corrected chi connectivity index (χ2v) is 6.61. The minimum atomic E-state index is -0.289. The molecule has 0 spiro atoms. The second kappa shape index (κ2) is 5.95. The summed E-state index contributed by atoms with van der Waals surface area (Å²) in [5, 5.41) is 7.90. The fraction of sp³-hybridized carbons (Fsp3) is 0.0667. The quantitative estimate of drug-likeness (QED) is 0.632. The van der Waals surface area contributed by atoms with Crippen molar-refractivity contribution in [3.05, 3.63) is 62.9 Å². The van der Waals surface area contributed by atoms with Gasteiger partial charge in [0, 0.05) is 21.9 Å². The van der Waals surface area contributed by atoms with E-state index in [1.165, 1.54) is 27.5 Å². The molecule has 3 rings (SSSR count). The van der Waals surface area contributed by atoms with Gasteiger partial charge in [-0.05, 0) is 41.1 Å². The topological polar surface area (TPSA) is 12.0 Å². The highest BCUT2D eigenvalue weighted by Crippen LogP contribution is 2.30. The zero-order valence-electron chi connectivity index (χ0n) is 10.4. The lowest BCUT2D eigenvalue weighted by atomic mass is 10.2. The van der Waals surface area contributed by atoms with E-state index in [0.29, 0.717) is 17.3 Å². The van der Waals surface area contributed by atoms with Gasteiger partial charge < -0.3 is 5.32 Å². The lowest BCUT2D eigenvalue weighted by Gasteiger charge is -2.06. The minimum Gasteiger partial charge on any atom is -0.379 e. The summed E-state index contributed by atoms with van der Waals surface area (Å²) in [5.41, 5.74) is 1.85. The zero-order chi connectivity index (χ0) is 13.9. The van der Waals surface area contributed by atoms with Gasteiger partial charge in [-0.3, -0.25) is 0 Å². The van der Waals surface area contributed by atoms with E-state index in [1.807, 2.05) is 6.07 Å². The summed E-state index contributed by atoms with van der Waals surface area (Å²) in [6.07, 6.45) is 0. The first kappa shape index (κ1) is 13.6. The minimum absolute atomic E-state index is 0.289. The Kier molecular flexibility index (Phi) is 4.05. The van der Waals surface area contributed by atoms with Crippen LogP contribution >= 0.6 is 34.3 Å². The van der Waals surface area contributed by atoms with Gasteiger partial charge in [-0.25, -0.2) is 4.39 Å². The normalized spacial score (nSPS) is 10.7. The molecule has 0 aliphatic heterocycles. The van der Waals surface area contributed by atoms with Gasteiger partial charge in [0.2, 0.25) is 0 Å². The van der Waals surface area contributed by atoms with E-state index in [4.69, 9.17) is 11.6 Å². The first-order valence-electron chi connectivity index (χ1n) is 6.02. The summed E-state index contributed by atoms with van der Waals surface area (Å²) in [7, 11) is 0. The molecule has 1 N–H and O–H groups in total. The van der Waals surface area contributed by atoms with Gasteiger partial charge in [-0.2, -0.15) is 0 Å². The predicted molar refractivity (Wildman–Crippen MR) is 86.4 cm³/mol. The van der Waals surface area contributed by atoms with E-state index in [9.17, 15) is 4.39 Å². The van der Waals surface area contributed by atoms with Crippen LogP contribution in [-0.4, -0.2) is 0 Å². The standard InChI is InChI=1S/C15H11ClFNS2/c16-13-4-3-11(17)7-14(13)18-8-12-6-10(9-20-12)15-2-1-5-19-15/h1-7,9,18H,8H2. The van der Waals surface area contributed by atoms with Crippen molar-refractivity contribution in [1.82, 2.24) is 0 Å². The Bertz CT molecular complexity index is 706. The Labute approximate surface area is 129 Å². The van der Waals surface area contributed by atoms with Crippen LogP contribution in [0.5, 0.6) is 0 Å². The molecule has 0 unspecified atom stereocenters. The van der Waals surface area contributed by atoms with E-state index in [0.717, 1.165) is 0 Å². The Morgan fingerprint density at radius 3 is 2.85 bits per heavy atom. The fourth-order valence-corrected chi connectivity index (χ4v) is 3.66. The lowest BCUT2D eigenvalue weighted by Crippen LogP contribution is -1.98. The first-order valence-corrected chi connectivity index (χ1v) is 8.16. The van der Waals surface area contributed by atoms with Crippen LogP contribution in [-0.2, 0) is 6.54 Å². The van der Waals surface area contributed by atoms with Gasteiger partial charge in [0.1, 0.15) is 5.82 Å². The molecule has 102 valence electrons. The van der Waals surface area contributed by atoms with Gasteiger partial charge in [-0.1, -0.05) is 17.7 Å². The average molecular weight is 324 g/mol. The van der Waals surface area contributed by atoms with Crippen LogP contribution < -0.4 is 5.32 Å². The Balaban J connectivity index is 1.71. The Morgan fingerprint density at radius 1 is 1.15 bits per heavy atom. The molecule has 0 aliphatic carbocycles. The molecular formula is C15H11ClFNS2. The summed E-state index contributed by atoms with van der Waals surface area (Å²) in [4.78, 5) is 2.45. The SMILES string of the molecule is Fc1ccc(Cl)c(NCc2cc(-c3cccs3)cs2)c1. The number of hydrogen-bond donors (Lipinski definition) is 1. The highest BCUT2D eigenvalue weighted by molar-refractivity contribution is 7.14. The van der Waals surface area contributed by atoms with Gasteiger partial charge >= 0.3 is 0 Å². The highest BCUT2D eigenvalue weighted by Gasteiger charge is 2.05. The summed E-state index contributed by atoms with van der Waals surface area (Å²) in [6.45, 7) is 0.638. The van der Waals surface area contributed by atoms with Crippen LogP contribution in [0.3, 0.4) is 0 Å². The summed E-state index contributed by atoms with van der Waals surface area (Å²) in [5.74, 6) is -0.289. The van der Waals surface area contributed by atoms with E-state index >= 15 is 0 Å². The fourth-order valence-electron chi connectivity index (χ4n) is 1.86. The molecule has 0 aliphatic rings. The molecule has 2 heterocycles. The predicted octanol–water partition coefficient (Wildman–Crippen LogP) is 5.88. The molecule has 0 bridgehead atoms. The van der Waals surface area contributed by atoms with E-state index in [1.54, 1.807) is 28.7 Å². The molecular weight excluding hydrogens is 313 g/mol. The molecule has 2 aromatic heterocycles. The molecule has 1 aromatic carbocycles. The average Bonchev–Trinajstić information content (AvgIpc) is 3.09. The molecule has 5 heteroatoms. The number of halogens is 2. The number of benzene rings is 1. The van der Waals surface area contributed by atoms with E-state index < -0.39 is 0 Å². The number of thiophene rings is 2. The number of nitrogens with one attached hydrogen (secondary N) is 1. The van der Waals surface area contributed by atoms with Crippen molar-refractivity contribution in [2.75, 3.05) is 5.32 Å². The maximum absolute atomic E-state index is 13.2. The van der Waals surface area contributed by atoms with Gasteiger partial charge in [0.25, 0.3) is 0 Å². The third kappa shape index (κ3) is 3.03. The Morgan fingerprint density at radius 2 is 2.05 bits per heavy atom. The number of hydrogen-bond acceptors (Lipinski definition) is 3. The molecule has 0 saturated heterocycles. The van der Waals surface area contributed by atoms with Crippen LogP contribution in [0.25, 0.3) is 10.4 Å². The van der Waals surface area contributed by atoms with Crippen molar-refractivity contribution in [3.63, 3.8) is 0 Å². The van der Waals surface area contributed by atoms with Crippen LogP contribution in [0.15, 0.2) is 47.2 Å². The van der Waals surface area contributed by atoms with Crippen LogP contribution in [0.4, 0.5) is 10.1 Å². The third-order valence-corrected chi connectivity index (χ3v) is 5.03. The van der Waals surface area contributed by atoms with Gasteiger partial charge in [-0.15, -0.1) is 22.7 Å². The summed E-state index contributed by atoms with van der Waals surface area (Å²) < 4.78 is 13.2.